The molecule has 1 N–H and O–H groups in total. The Kier molecular flexibility index (Phi) is 4.46. The number of aliphatic hydroxyl groups excluding tert-OH is 1. The van der Waals surface area contributed by atoms with Gasteiger partial charge in [0.25, 0.3) is 0 Å². The Hall–Kier alpha value is -0.820. The van der Waals surface area contributed by atoms with E-state index in [0.29, 0.717) is 0 Å². The third-order valence-corrected chi connectivity index (χ3v) is 3.82. The van der Waals surface area contributed by atoms with Gasteiger partial charge in [0.15, 0.2) is 0 Å². The van der Waals surface area contributed by atoms with Crippen molar-refractivity contribution in [2.24, 2.45) is 5.41 Å². The number of aliphatic hydroxyl groups is 1. The molecule has 1 aromatic rings. The topological polar surface area (TPSA) is 20.2 Å². The number of hydrogen-bond acceptors (Lipinski definition) is 1. The van der Waals surface area contributed by atoms with Crippen LogP contribution >= 0.6 is 0 Å². The molecular formula is C19H32O. The van der Waals surface area contributed by atoms with Crippen LogP contribution in [0.4, 0.5) is 0 Å². The Morgan fingerprint density at radius 2 is 1.05 bits per heavy atom. The minimum Gasteiger partial charge on any atom is -0.388 e. The van der Waals surface area contributed by atoms with Crippen LogP contribution in [0.1, 0.15) is 85.1 Å². The van der Waals surface area contributed by atoms with Gasteiger partial charge in [-0.1, -0.05) is 80.5 Å². The van der Waals surface area contributed by atoms with Crippen molar-refractivity contribution in [3.05, 3.63) is 34.9 Å². The zero-order valence-electron chi connectivity index (χ0n) is 14.8. The number of benzene rings is 1. The van der Waals surface area contributed by atoms with Crippen LogP contribution in [0.3, 0.4) is 0 Å². The van der Waals surface area contributed by atoms with Gasteiger partial charge in [0.2, 0.25) is 0 Å². The van der Waals surface area contributed by atoms with Crippen molar-refractivity contribution >= 4 is 0 Å². The van der Waals surface area contributed by atoms with Gasteiger partial charge in [-0.05, 0) is 32.9 Å². The quantitative estimate of drug-likeness (QED) is 0.732. The predicted octanol–water partition coefficient (Wildman–Crippen LogP) is 5.36. The average Bonchev–Trinajstić information content (AvgIpc) is 2.23. The van der Waals surface area contributed by atoms with E-state index >= 15 is 0 Å². The maximum absolute atomic E-state index is 10.6. The molecule has 1 nitrogen and oxygen atoms in total. The van der Waals surface area contributed by atoms with Gasteiger partial charge in [-0.2, -0.15) is 0 Å². The molecule has 1 aromatic carbocycles. The van der Waals surface area contributed by atoms with Crippen LogP contribution in [-0.4, -0.2) is 5.11 Å². The maximum Gasteiger partial charge on any atom is 0.0838 e. The van der Waals surface area contributed by atoms with E-state index in [0.717, 1.165) is 5.56 Å². The summed E-state index contributed by atoms with van der Waals surface area (Å²) in [6.07, 6.45) is -0.439. The molecule has 0 saturated carbocycles. The second kappa shape index (κ2) is 5.18. The molecule has 0 aromatic heterocycles. The van der Waals surface area contributed by atoms with E-state index in [9.17, 15) is 5.11 Å². The predicted molar refractivity (Wildman–Crippen MR) is 88.3 cm³/mol. The fraction of sp³-hybridized carbons (Fsp3) is 0.684. The van der Waals surface area contributed by atoms with Gasteiger partial charge in [-0.25, -0.2) is 0 Å². The molecule has 0 fully saturated rings. The SMILES string of the molecule is CC(C)(C)c1cc(C(O)C(C)(C)C)cc(C(C)(C)C)c1. The summed E-state index contributed by atoms with van der Waals surface area (Å²) >= 11 is 0. The molecule has 1 heteroatoms. The van der Waals surface area contributed by atoms with E-state index in [4.69, 9.17) is 0 Å². The molecule has 114 valence electrons. The maximum atomic E-state index is 10.6. The normalized spacial score (nSPS) is 15.3. The van der Waals surface area contributed by atoms with Crippen LogP contribution in [0, 0.1) is 5.41 Å². The van der Waals surface area contributed by atoms with Crippen molar-refractivity contribution in [1.29, 1.82) is 0 Å². The highest BCUT2D eigenvalue weighted by molar-refractivity contribution is 5.38. The first-order valence-electron chi connectivity index (χ1n) is 7.57. The molecule has 0 saturated heterocycles. The van der Waals surface area contributed by atoms with Crippen LogP contribution in [0.25, 0.3) is 0 Å². The highest BCUT2D eigenvalue weighted by Crippen LogP contribution is 2.37. The van der Waals surface area contributed by atoms with Crippen molar-refractivity contribution in [3.63, 3.8) is 0 Å². The van der Waals surface area contributed by atoms with Gasteiger partial charge in [0.1, 0.15) is 0 Å². The first-order valence-corrected chi connectivity index (χ1v) is 7.57. The minimum atomic E-state index is -0.439. The van der Waals surface area contributed by atoms with Gasteiger partial charge >= 0.3 is 0 Å². The number of hydrogen-bond donors (Lipinski definition) is 1. The molecule has 0 amide bonds. The van der Waals surface area contributed by atoms with Crippen molar-refractivity contribution < 1.29 is 5.11 Å². The second-order valence-corrected chi connectivity index (χ2v) is 9.11. The lowest BCUT2D eigenvalue weighted by atomic mass is 9.76. The molecule has 0 aliphatic carbocycles. The monoisotopic (exact) mass is 276 g/mol. The molecule has 1 rings (SSSR count). The zero-order valence-corrected chi connectivity index (χ0v) is 14.8. The molecule has 0 radical (unpaired) electrons. The van der Waals surface area contributed by atoms with E-state index in [1.54, 1.807) is 0 Å². The molecule has 0 aliphatic heterocycles. The summed E-state index contributed by atoms with van der Waals surface area (Å²) in [5, 5.41) is 10.6. The minimum absolute atomic E-state index is 0.0909. The molecule has 20 heavy (non-hydrogen) atoms. The lowest BCUT2D eigenvalue weighted by Gasteiger charge is -2.31. The summed E-state index contributed by atoms with van der Waals surface area (Å²) in [4.78, 5) is 0. The van der Waals surface area contributed by atoms with Gasteiger partial charge < -0.3 is 5.11 Å². The summed E-state index contributed by atoms with van der Waals surface area (Å²) in [7, 11) is 0. The Bertz CT molecular complexity index is 432. The standard InChI is InChI=1S/C19H32O/c1-17(2,3)14-10-13(16(20)19(7,8)9)11-15(12-14)18(4,5)6/h10-12,16,20H,1-9H3. The highest BCUT2D eigenvalue weighted by atomic mass is 16.3. The summed E-state index contributed by atoms with van der Waals surface area (Å²) in [5.41, 5.74) is 3.66. The molecule has 0 heterocycles. The van der Waals surface area contributed by atoms with Crippen molar-refractivity contribution in [2.45, 2.75) is 79.2 Å². The average molecular weight is 276 g/mol. The Morgan fingerprint density at radius 1 is 0.700 bits per heavy atom. The third-order valence-electron chi connectivity index (χ3n) is 3.82. The van der Waals surface area contributed by atoms with Crippen LogP contribution in [0.5, 0.6) is 0 Å². The molecule has 0 spiro atoms. The molecule has 0 bridgehead atoms. The highest BCUT2D eigenvalue weighted by Gasteiger charge is 2.27. The van der Waals surface area contributed by atoms with Gasteiger partial charge in [0.05, 0.1) is 6.10 Å². The first-order chi connectivity index (χ1) is 8.73. The molecule has 1 atom stereocenters. The van der Waals surface area contributed by atoms with Gasteiger partial charge in [-0.15, -0.1) is 0 Å². The van der Waals surface area contributed by atoms with Gasteiger partial charge in [-0.3, -0.25) is 0 Å². The zero-order chi connectivity index (χ0) is 15.9. The molecular weight excluding hydrogens is 244 g/mol. The van der Waals surface area contributed by atoms with Crippen molar-refractivity contribution in [3.8, 4) is 0 Å². The second-order valence-electron chi connectivity index (χ2n) is 9.11. The smallest absolute Gasteiger partial charge is 0.0838 e. The Labute approximate surface area is 125 Å². The molecule has 1 unspecified atom stereocenters. The third kappa shape index (κ3) is 4.09. The van der Waals surface area contributed by atoms with Crippen LogP contribution in [-0.2, 0) is 10.8 Å². The van der Waals surface area contributed by atoms with Crippen molar-refractivity contribution in [1.82, 2.24) is 0 Å². The van der Waals surface area contributed by atoms with E-state index < -0.39 is 6.10 Å². The van der Waals surface area contributed by atoms with Crippen molar-refractivity contribution in [2.75, 3.05) is 0 Å². The lowest BCUT2D eigenvalue weighted by Crippen LogP contribution is -2.22. The van der Waals surface area contributed by atoms with Crippen LogP contribution in [0.2, 0.25) is 0 Å². The Balaban J connectivity index is 3.47. The van der Waals surface area contributed by atoms with Crippen LogP contribution in [0.15, 0.2) is 18.2 Å². The largest absolute Gasteiger partial charge is 0.388 e. The summed E-state index contributed by atoms with van der Waals surface area (Å²) in [5.74, 6) is 0. The summed E-state index contributed by atoms with van der Waals surface area (Å²) < 4.78 is 0. The van der Waals surface area contributed by atoms with E-state index in [1.807, 2.05) is 0 Å². The van der Waals surface area contributed by atoms with E-state index in [1.165, 1.54) is 11.1 Å². The molecule has 0 aliphatic rings. The summed E-state index contributed by atoms with van der Waals surface area (Å²) in [6.45, 7) is 19.6. The van der Waals surface area contributed by atoms with Crippen LogP contribution < -0.4 is 0 Å². The fourth-order valence-corrected chi connectivity index (χ4v) is 2.18. The fourth-order valence-electron chi connectivity index (χ4n) is 2.18. The van der Waals surface area contributed by atoms with E-state index in [-0.39, 0.29) is 16.2 Å². The van der Waals surface area contributed by atoms with E-state index in [2.05, 4.69) is 80.5 Å². The van der Waals surface area contributed by atoms with Gasteiger partial charge in [0, 0.05) is 0 Å². The summed E-state index contributed by atoms with van der Waals surface area (Å²) in [6, 6.07) is 6.63. The Morgan fingerprint density at radius 3 is 1.30 bits per heavy atom. The lowest BCUT2D eigenvalue weighted by molar-refractivity contribution is 0.0624. The first kappa shape index (κ1) is 17.2. The number of rotatable bonds is 1.